The molecule has 0 unspecified atom stereocenters. The number of nitrogens with one attached hydrogen (secondary N) is 1. The molecule has 0 bridgehead atoms. The van der Waals surface area contributed by atoms with E-state index in [1.807, 2.05) is 30.3 Å². The molecule has 0 spiro atoms. The van der Waals surface area contributed by atoms with Crippen LogP contribution >= 0.6 is 0 Å². The van der Waals surface area contributed by atoms with E-state index in [1.165, 1.54) is 6.20 Å². The van der Waals surface area contributed by atoms with Crippen molar-refractivity contribution in [1.29, 1.82) is 0 Å². The van der Waals surface area contributed by atoms with Crippen molar-refractivity contribution in [2.24, 2.45) is 5.10 Å². The normalized spacial score (nSPS) is 10.4. The predicted molar refractivity (Wildman–Crippen MR) is 63.5 cm³/mol. The molecule has 0 fully saturated rings. The summed E-state index contributed by atoms with van der Waals surface area (Å²) < 4.78 is 0. The number of aromatic nitrogens is 2. The third kappa shape index (κ3) is 3.20. The molecule has 1 aromatic carbocycles. The first-order chi connectivity index (χ1) is 8.36. The lowest BCUT2D eigenvalue weighted by Crippen LogP contribution is -2.19. The van der Waals surface area contributed by atoms with Crippen LogP contribution in [-0.4, -0.2) is 22.3 Å². The first kappa shape index (κ1) is 10.9. The van der Waals surface area contributed by atoms with E-state index in [9.17, 15) is 4.79 Å². The Labute approximate surface area is 98.2 Å². The van der Waals surface area contributed by atoms with Gasteiger partial charge in [-0.3, -0.25) is 4.79 Å². The van der Waals surface area contributed by atoms with Crippen molar-refractivity contribution < 1.29 is 4.79 Å². The topological polar surface area (TPSA) is 67.2 Å². The summed E-state index contributed by atoms with van der Waals surface area (Å²) in [5.74, 6) is -0.384. The molecule has 5 nitrogen and oxygen atoms in total. The molecule has 2 rings (SSSR count). The van der Waals surface area contributed by atoms with Crippen LogP contribution in [0.1, 0.15) is 16.1 Å². The van der Waals surface area contributed by atoms with Gasteiger partial charge in [0.15, 0.2) is 5.69 Å². The number of hydrogen-bond donors (Lipinski definition) is 1. The number of carbonyl (C=O) groups excluding carboxylic acids is 1. The van der Waals surface area contributed by atoms with Gasteiger partial charge in [-0.25, -0.2) is 5.43 Å². The predicted octanol–water partition coefficient (Wildman–Crippen LogP) is 1.24. The second kappa shape index (κ2) is 5.50. The molecular formula is C12H10N4O. The molecule has 1 amide bonds. The van der Waals surface area contributed by atoms with Gasteiger partial charge in [-0.2, -0.15) is 10.2 Å². The van der Waals surface area contributed by atoms with Crippen LogP contribution in [0.2, 0.25) is 0 Å². The summed E-state index contributed by atoms with van der Waals surface area (Å²) in [7, 11) is 0. The lowest BCUT2D eigenvalue weighted by Gasteiger charge is -1.96. The zero-order valence-electron chi connectivity index (χ0n) is 8.95. The van der Waals surface area contributed by atoms with Crippen LogP contribution in [-0.2, 0) is 0 Å². The van der Waals surface area contributed by atoms with Crippen molar-refractivity contribution in [3.63, 3.8) is 0 Å². The monoisotopic (exact) mass is 226 g/mol. The second-order valence-corrected chi connectivity index (χ2v) is 3.22. The van der Waals surface area contributed by atoms with Crippen LogP contribution in [0.5, 0.6) is 0 Å². The summed E-state index contributed by atoms with van der Waals surface area (Å²) >= 11 is 0. The van der Waals surface area contributed by atoms with Crippen molar-refractivity contribution in [3.05, 3.63) is 59.9 Å². The molecule has 0 saturated carbocycles. The van der Waals surface area contributed by atoms with Gasteiger partial charge >= 0.3 is 0 Å². The maximum Gasteiger partial charge on any atom is 0.291 e. The van der Waals surface area contributed by atoms with Crippen LogP contribution in [0.15, 0.2) is 53.8 Å². The average molecular weight is 226 g/mol. The SMILES string of the molecule is O=C(NN=Cc1ccccc1)c1cccnn1. The zero-order chi connectivity index (χ0) is 11.9. The minimum atomic E-state index is -0.384. The highest BCUT2D eigenvalue weighted by Gasteiger charge is 2.04. The minimum absolute atomic E-state index is 0.234. The molecule has 0 aliphatic rings. The zero-order valence-corrected chi connectivity index (χ0v) is 8.95. The van der Waals surface area contributed by atoms with Crippen molar-refractivity contribution >= 4 is 12.1 Å². The molecule has 0 saturated heterocycles. The molecular weight excluding hydrogens is 216 g/mol. The van der Waals surface area contributed by atoms with E-state index < -0.39 is 0 Å². The number of hydrazone groups is 1. The van der Waals surface area contributed by atoms with Crippen LogP contribution in [0.4, 0.5) is 0 Å². The molecule has 2 aromatic rings. The fourth-order valence-electron chi connectivity index (χ4n) is 1.18. The van der Waals surface area contributed by atoms with Crippen LogP contribution in [0, 0.1) is 0 Å². The quantitative estimate of drug-likeness (QED) is 0.632. The Morgan fingerprint density at radius 3 is 2.71 bits per heavy atom. The van der Waals surface area contributed by atoms with Crippen molar-refractivity contribution in [2.45, 2.75) is 0 Å². The first-order valence-electron chi connectivity index (χ1n) is 5.02. The smallest absolute Gasteiger partial charge is 0.265 e. The highest BCUT2D eigenvalue weighted by Crippen LogP contribution is 1.94. The molecule has 17 heavy (non-hydrogen) atoms. The fraction of sp³-hybridized carbons (Fsp3) is 0. The van der Waals surface area contributed by atoms with Crippen LogP contribution < -0.4 is 5.43 Å². The Bertz CT molecular complexity index is 511. The summed E-state index contributed by atoms with van der Waals surface area (Å²) in [5, 5.41) is 11.1. The van der Waals surface area contributed by atoms with Gasteiger partial charge in [0, 0.05) is 6.20 Å². The summed E-state index contributed by atoms with van der Waals surface area (Å²) in [6.07, 6.45) is 3.07. The van der Waals surface area contributed by atoms with Crippen LogP contribution in [0.3, 0.4) is 0 Å². The molecule has 0 radical (unpaired) electrons. The number of benzene rings is 1. The van der Waals surface area contributed by atoms with E-state index >= 15 is 0 Å². The van der Waals surface area contributed by atoms with E-state index in [0.29, 0.717) is 0 Å². The Balaban J connectivity index is 1.95. The van der Waals surface area contributed by atoms with Crippen molar-refractivity contribution in [2.75, 3.05) is 0 Å². The molecule has 0 atom stereocenters. The van der Waals surface area contributed by atoms with E-state index in [4.69, 9.17) is 0 Å². The molecule has 0 aliphatic heterocycles. The summed E-state index contributed by atoms with van der Waals surface area (Å²) in [6, 6.07) is 12.7. The van der Waals surface area contributed by atoms with Crippen molar-refractivity contribution in [1.82, 2.24) is 15.6 Å². The molecule has 0 aliphatic carbocycles. The highest BCUT2D eigenvalue weighted by atomic mass is 16.2. The molecule has 5 heteroatoms. The summed E-state index contributed by atoms with van der Waals surface area (Å²) in [5.41, 5.74) is 3.52. The third-order valence-electron chi connectivity index (χ3n) is 1.98. The number of carbonyl (C=O) groups is 1. The molecule has 84 valence electrons. The van der Waals surface area contributed by atoms with Gasteiger partial charge in [-0.05, 0) is 17.7 Å². The molecule has 1 aromatic heterocycles. The van der Waals surface area contributed by atoms with Crippen LogP contribution in [0.25, 0.3) is 0 Å². The average Bonchev–Trinajstić information content (AvgIpc) is 2.41. The minimum Gasteiger partial charge on any atom is -0.265 e. The van der Waals surface area contributed by atoms with Gasteiger partial charge in [0.1, 0.15) is 0 Å². The van der Waals surface area contributed by atoms with Gasteiger partial charge < -0.3 is 0 Å². The summed E-state index contributed by atoms with van der Waals surface area (Å²) in [4.78, 5) is 11.5. The second-order valence-electron chi connectivity index (χ2n) is 3.22. The Morgan fingerprint density at radius 1 is 1.18 bits per heavy atom. The van der Waals surface area contributed by atoms with Gasteiger partial charge in [0.2, 0.25) is 0 Å². The standard InChI is InChI=1S/C12H10N4O/c17-12(11-7-4-8-13-15-11)16-14-9-10-5-2-1-3-6-10/h1-9H,(H,16,17). The number of nitrogens with zero attached hydrogens (tertiary/aromatic N) is 3. The lowest BCUT2D eigenvalue weighted by molar-refractivity contribution is 0.0949. The first-order valence-corrected chi connectivity index (χ1v) is 5.02. The Morgan fingerprint density at radius 2 is 2.00 bits per heavy atom. The maximum absolute atomic E-state index is 11.5. The largest absolute Gasteiger partial charge is 0.291 e. The van der Waals surface area contributed by atoms with Gasteiger partial charge in [-0.1, -0.05) is 30.3 Å². The fourth-order valence-corrected chi connectivity index (χ4v) is 1.18. The van der Waals surface area contributed by atoms with Gasteiger partial charge in [-0.15, -0.1) is 5.10 Å². The Kier molecular flexibility index (Phi) is 3.54. The number of amides is 1. The van der Waals surface area contributed by atoms with E-state index in [2.05, 4.69) is 20.7 Å². The van der Waals surface area contributed by atoms with E-state index in [0.717, 1.165) is 5.56 Å². The van der Waals surface area contributed by atoms with E-state index in [1.54, 1.807) is 18.3 Å². The highest BCUT2D eigenvalue weighted by molar-refractivity contribution is 5.92. The number of rotatable bonds is 3. The van der Waals surface area contributed by atoms with E-state index in [-0.39, 0.29) is 11.6 Å². The maximum atomic E-state index is 11.5. The van der Waals surface area contributed by atoms with Crippen molar-refractivity contribution in [3.8, 4) is 0 Å². The Hall–Kier alpha value is -2.56. The summed E-state index contributed by atoms with van der Waals surface area (Å²) in [6.45, 7) is 0. The number of hydrogen-bond acceptors (Lipinski definition) is 4. The van der Waals surface area contributed by atoms with Gasteiger partial charge in [0.05, 0.1) is 6.21 Å². The molecule has 1 heterocycles. The lowest BCUT2D eigenvalue weighted by atomic mass is 10.2. The third-order valence-corrected chi connectivity index (χ3v) is 1.98. The molecule has 1 N–H and O–H groups in total. The van der Waals surface area contributed by atoms with Gasteiger partial charge in [0.25, 0.3) is 5.91 Å².